The number of hydrogen-bond acceptors (Lipinski definition) is 4. The Kier molecular flexibility index (Phi) is 4.80. The van der Waals surface area contributed by atoms with Crippen molar-refractivity contribution in [2.75, 3.05) is 19.8 Å². The van der Waals surface area contributed by atoms with Crippen LogP contribution in [0.1, 0.15) is 37.0 Å². The third kappa shape index (κ3) is 3.70. The summed E-state index contributed by atoms with van der Waals surface area (Å²) in [7, 11) is 0. The third-order valence-electron chi connectivity index (χ3n) is 3.32. The summed E-state index contributed by atoms with van der Waals surface area (Å²) >= 11 is 0. The van der Waals surface area contributed by atoms with Gasteiger partial charge in [-0.15, -0.1) is 0 Å². The van der Waals surface area contributed by atoms with Gasteiger partial charge in [-0.3, -0.25) is 4.79 Å². The maximum atomic E-state index is 12.1. The minimum absolute atomic E-state index is 0.132. The molecule has 0 radical (unpaired) electrons. The van der Waals surface area contributed by atoms with E-state index >= 15 is 0 Å². The summed E-state index contributed by atoms with van der Waals surface area (Å²) in [5, 5.41) is 3.32. The predicted octanol–water partition coefficient (Wildman–Crippen LogP) is 2.42. The van der Waals surface area contributed by atoms with Gasteiger partial charge in [0.15, 0.2) is 17.3 Å². The number of hydrogen-bond donors (Lipinski definition) is 1. The number of fused-ring (bicyclic) bond motifs is 1. The summed E-state index contributed by atoms with van der Waals surface area (Å²) < 4.78 is 10.9. The molecule has 1 unspecified atom stereocenters. The van der Waals surface area contributed by atoms with Gasteiger partial charge in [-0.2, -0.15) is 0 Å². The Balaban J connectivity index is 1.92. The van der Waals surface area contributed by atoms with Crippen molar-refractivity contribution < 1.29 is 14.3 Å². The van der Waals surface area contributed by atoms with Gasteiger partial charge in [0.2, 0.25) is 0 Å². The molecule has 1 aliphatic rings. The molecular formula is C15H21NO3. The molecule has 19 heavy (non-hydrogen) atoms. The molecule has 0 saturated heterocycles. The van der Waals surface area contributed by atoms with E-state index in [0.29, 0.717) is 43.5 Å². The average Bonchev–Trinajstić information content (AvgIpc) is 2.46. The van der Waals surface area contributed by atoms with Crippen LogP contribution in [0.15, 0.2) is 18.2 Å². The first kappa shape index (κ1) is 13.9. The van der Waals surface area contributed by atoms with Crippen LogP contribution in [0.3, 0.4) is 0 Å². The number of ether oxygens (including phenoxy) is 2. The Morgan fingerprint density at radius 2 is 2.05 bits per heavy atom. The minimum Gasteiger partial charge on any atom is -0.486 e. The number of nitrogens with one attached hydrogen (secondary N) is 1. The molecule has 0 amide bonds. The van der Waals surface area contributed by atoms with E-state index in [9.17, 15) is 4.79 Å². The Labute approximate surface area is 114 Å². The van der Waals surface area contributed by atoms with E-state index in [-0.39, 0.29) is 5.78 Å². The number of benzene rings is 1. The summed E-state index contributed by atoms with van der Waals surface area (Å²) in [4.78, 5) is 12.1. The van der Waals surface area contributed by atoms with E-state index in [2.05, 4.69) is 19.2 Å². The molecule has 1 aromatic carbocycles. The van der Waals surface area contributed by atoms with Crippen molar-refractivity contribution in [3.05, 3.63) is 23.8 Å². The van der Waals surface area contributed by atoms with E-state index < -0.39 is 0 Å². The van der Waals surface area contributed by atoms with Crippen molar-refractivity contribution in [3.8, 4) is 11.5 Å². The molecule has 0 saturated carbocycles. The Morgan fingerprint density at radius 1 is 1.32 bits per heavy atom. The number of Topliss-reactive ketones (excluding diaryl/α,β-unsaturated/α-hetero) is 1. The zero-order chi connectivity index (χ0) is 13.7. The van der Waals surface area contributed by atoms with Crippen molar-refractivity contribution >= 4 is 5.78 Å². The van der Waals surface area contributed by atoms with Crippen molar-refractivity contribution in [1.29, 1.82) is 0 Å². The maximum Gasteiger partial charge on any atom is 0.164 e. The van der Waals surface area contributed by atoms with Crippen LogP contribution in [-0.4, -0.2) is 31.6 Å². The molecular weight excluding hydrogens is 242 g/mol. The lowest BCUT2D eigenvalue weighted by Gasteiger charge is -2.18. The zero-order valence-electron chi connectivity index (χ0n) is 11.6. The molecule has 1 N–H and O–H groups in total. The van der Waals surface area contributed by atoms with Crippen LogP contribution in [-0.2, 0) is 0 Å². The topological polar surface area (TPSA) is 47.6 Å². The molecule has 0 aromatic heterocycles. The van der Waals surface area contributed by atoms with E-state index in [4.69, 9.17) is 9.47 Å². The van der Waals surface area contributed by atoms with Gasteiger partial charge >= 0.3 is 0 Å². The molecule has 104 valence electrons. The number of carbonyl (C=O) groups is 1. The lowest BCUT2D eigenvalue weighted by Crippen LogP contribution is -2.27. The van der Waals surface area contributed by atoms with Crippen LogP contribution in [0, 0.1) is 0 Å². The lowest BCUT2D eigenvalue weighted by molar-refractivity contribution is 0.0980. The summed E-state index contributed by atoms with van der Waals surface area (Å²) in [5.74, 6) is 1.53. The van der Waals surface area contributed by atoms with E-state index in [1.54, 1.807) is 12.1 Å². The normalized spacial score (nSPS) is 15.1. The van der Waals surface area contributed by atoms with E-state index in [1.807, 2.05) is 6.07 Å². The summed E-state index contributed by atoms with van der Waals surface area (Å²) in [6, 6.07) is 5.84. The monoisotopic (exact) mass is 263 g/mol. The third-order valence-corrected chi connectivity index (χ3v) is 3.32. The first-order valence-corrected chi connectivity index (χ1v) is 6.87. The van der Waals surface area contributed by atoms with Crippen LogP contribution >= 0.6 is 0 Å². The smallest absolute Gasteiger partial charge is 0.164 e. The second-order valence-electron chi connectivity index (χ2n) is 4.80. The predicted molar refractivity (Wildman–Crippen MR) is 74.1 cm³/mol. The van der Waals surface area contributed by atoms with Crippen molar-refractivity contribution in [2.24, 2.45) is 0 Å². The molecule has 1 heterocycles. The largest absolute Gasteiger partial charge is 0.486 e. The first-order valence-electron chi connectivity index (χ1n) is 6.87. The molecule has 2 rings (SSSR count). The average molecular weight is 263 g/mol. The Morgan fingerprint density at radius 3 is 2.79 bits per heavy atom. The zero-order valence-corrected chi connectivity index (χ0v) is 11.6. The minimum atomic E-state index is 0.132. The molecule has 1 atom stereocenters. The fourth-order valence-electron chi connectivity index (χ4n) is 1.94. The quantitative estimate of drug-likeness (QED) is 0.801. The SMILES string of the molecule is CCC(C)NCCC(=O)c1ccc2c(c1)OCCO2. The van der Waals surface area contributed by atoms with Gasteiger partial charge in [0, 0.05) is 24.6 Å². The highest BCUT2D eigenvalue weighted by atomic mass is 16.6. The van der Waals surface area contributed by atoms with E-state index in [0.717, 1.165) is 12.2 Å². The van der Waals surface area contributed by atoms with Crippen molar-refractivity contribution in [1.82, 2.24) is 5.32 Å². The van der Waals surface area contributed by atoms with Gasteiger partial charge in [0.1, 0.15) is 13.2 Å². The molecule has 0 aliphatic carbocycles. The molecule has 4 heteroatoms. The van der Waals surface area contributed by atoms with Gasteiger partial charge < -0.3 is 14.8 Å². The maximum absolute atomic E-state index is 12.1. The van der Waals surface area contributed by atoms with Crippen molar-refractivity contribution in [3.63, 3.8) is 0 Å². The van der Waals surface area contributed by atoms with Crippen molar-refractivity contribution in [2.45, 2.75) is 32.7 Å². The number of carbonyl (C=O) groups excluding carboxylic acids is 1. The molecule has 4 nitrogen and oxygen atoms in total. The highest BCUT2D eigenvalue weighted by Crippen LogP contribution is 2.30. The Bertz CT molecular complexity index is 445. The first-order chi connectivity index (χ1) is 9.20. The van der Waals surface area contributed by atoms with Crippen LogP contribution < -0.4 is 14.8 Å². The van der Waals surface area contributed by atoms with Gasteiger partial charge in [0.25, 0.3) is 0 Å². The standard InChI is InChI=1S/C15H21NO3/c1-3-11(2)16-7-6-13(17)12-4-5-14-15(10-12)19-9-8-18-14/h4-5,10-11,16H,3,6-9H2,1-2H3. The molecule has 0 spiro atoms. The molecule has 0 bridgehead atoms. The highest BCUT2D eigenvalue weighted by Gasteiger charge is 2.14. The van der Waals surface area contributed by atoms with Crippen LogP contribution in [0.4, 0.5) is 0 Å². The van der Waals surface area contributed by atoms with Gasteiger partial charge in [-0.05, 0) is 31.5 Å². The molecule has 1 aliphatic heterocycles. The van der Waals surface area contributed by atoms with Crippen LogP contribution in [0.25, 0.3) is 0 Å². The second-order valence-corrected chi connectivity index (χ2v) is 4.80. The van der Waals surface area contributed by atoms with Gasteiger partial charge in [0.05, 0.1) is 0 Å². The Hall–Kier alpha value is -1.55. The molecule has 0 fully saturated rings. The van der Waals surface area contributed by atoms with Gasteiger partial charge in [-0.25, -0.2) is 0 Å². The second kappa shape index (κ2) is 6.57. The molecule has 1 aromatic rings. The summed E-state index contributed by atoms with van der Waals surface area (Å²) in [6.07, 6.45) is 1.57. The summed E-state index contributed by atoms with van der Waals surface area (Å²) in [6.45, 7) is 6.07. The lowest BCUT2D eigenvalue weighted by atomic mass is 10.1. The summed E-state index contributed by atoms with van der Waals surface area (Å²) in [5.41, 5.74) is 0.690. The van der Waals surface area contributed by atoms with Crippen LogP contribution in [0.5, 0.6) is 11.5 Å². The van der Waals surface area contributed by atoms with Crippen LogP contribution in [0.2, 0.25) is 0 Å². The number of ketones is 1. The van der Waals surface area contributed by atoms with E-state index in [1.165, 1.54) is 0 Å². The fourth-order valence-corrected chi connectivity index (χ4v) is 1.94. The van der Waals surface area contributed by atoms with Gasteiger partial charge in [-0.1, -0.05) is 6.92 Å². The fraction of sp³-hybridized carbons (Fsp3) is 0.533. The number of rotatable bonds is 6. The highest BCUT2D eigenvalue weighted by molar-refractivity contribution is 5.96.